The van der Waals surface area contributed by atoms with Crippen molar-refractivity contribution >= 4 is 6.09 Å². The Kier molecular flexibility index (Phi) is 10.6. The normalized spacial score (nSPS) is 16.4. The number of alkyl halides is 3. The number of carbonyl (C=O) groups is 1. The maximum absolute atomic E-state index is 14.0. The zero-order valence-electron chi connectivity index (χ0n) is 25.4. The van der Waals surface area contributed by atoms with Crippen molar-refractivity contribution in [3.63, 3.8) is 0 Å². The molecule has 2 aromatic rings. The predicted molar refractivity (Wildman–Crippen MR) is 151 cm³/mol. The molecule has 0 aromatic heterocycles. The number of benzene rings is 2. The molecule has 0 atom stereocenters. The van der Waals surface area contributed by atoms with Crippen LogP contribution in [-0.4, -0.2) is 57.1 Å². The molecule has 1 aliphatic heterocycles. The van der Waals surface area contributed by atoms with Crippen LogP contribution in [0.4, 0.5) is 18.0 Å². The molecule has 2 aromatic carbocycles. The molecule has 1 fully saturated rings. The molecule has 11 heteroatoms. The molecule has 1 amide bonds. The lowest BCUT2D eigenvalue weighted by atomic mass is 9.91. The maximum atomic E-state index is 14.0. The summed E-state index contributed by atoms with van der Waals surface area (Å²) in [6, 6.07) is 9.47. The summed E-state index contributed by atoms with van der Waals surface area (Å²) < 4.78 is 75.3. The number of carbonyl (C=O) groups excluding carboxylic acids is 1. The van der Waals surface area contributed by atoms with E-state index in [-0.39, 0.29) is 38.4 Å². The smallest absolute Gasteiger partial charge is 0.419 e. The van der Waals surface area contributed by atoms with Gasteiger partial charge in [-0.1, -0.05) is 12.1 Å². The third-order valence-electron chi connectivity index (χ3n) is 6.74. The predicted octanol–water partition coefficient (Wildman–Crippen LogP) is 6.71. The summed E-state index contributed by atoms with van der Waals surface area (Å²) in [6.45, 7) is 9.07. The van der Waals surface area contributed by atoms with Crippen molar-refractivity contribution in [2.24, 2.45) is 0 Å². The number of alkyl carbamates (subject to hydrolysis) is 1. The molecule has 3 rings (SSSR count). The highest BCUT2D eigenvalue weighted by Gasteiger charge is 2.42. The largest absolute Gasteiger partial charge is 0.497 e. The van der Waals surface area contributed by atoms with Gasteiger partial charge in [-0.2, -0.15) is 13.2 Å². The minimum atomic E-state index is -4.61. The van der Waals surface area contributed by atoms with Gasteiger partial charge in [-0.05, 0) is 89.6 Å². The molecular formula is C31H42F3NO7. The summed E-state index contributed by atoms with van der Waals surface area (Å²) in [5, 5.41) is 2.84. The molecule has 0 aliphatic carbocycles. The van der Waals surface area contributed by atoms with E-state index in [2.05, 4.69) is 5.32 Å². The van der Waals surface area contributed by atoms with E-state index in [1.54, 1.807) is 67.0 Å². The van der Waals surface area contributed by atoms with Crippen LogP contribution in [-0.2, 0) is 33.2 Å². The van der Waals surface area contributed by atoms with E-state index >= 15 is 0 Å². The molecule has 234 valence electrons. The van der Waals surface area contributed by atoms with Crippen molar-refractivity contribution in [1.82, 2.24) is 5.32 Å². The van der Waals surface area contributed by atoms with E-state index in [4.69, 9.17) is 28.4 Å². The summed E-state index contributed by atoms with van der Waals surface area (Å²) >= 11 is 0. The van der Waals surface area contributed by atoms with Crippen LogP contribution in [0.3, 0.4) is 0 Å². The second-order valence-corrected chi connectivity index (χ2v) is 11.8. The number of hydrogen-bond acceptors (Lipinski definition) is 7. The number of amides is 1. The molecular weight excluding hydrogens is 555 g/mol. The Bertz CT molecular complexity index is 1200. The number of rotatable bonds is 11. The fraction of sp³-hybridized carbons (Fsp3) is 0.581. The van der Waals surface area contributed by atoms with Crippen molar-refractivity contribution in [1.29, 1.82) is 0 Å². The average Bonchev–Trinajstić information content (AvgIpc) is 2.90. The van der Waals surface area contributed by atoms with Crippen molar-refractivity contribution in [3.05, 3.63) is 53.1 Å². The summed E-state index contributed by atoms with van der Waals surface area (Å²) in [5.74, 6) is 0.215. The molecule has 1 heterocycles. The van der Waals surface area contributed by atoms with Crippen LogP contribution in [0.5, 0.6) is 17.2 Å². The molecule has 1 N–H and O–H groups in total. The fourth-order valence-electron chi connectivity index (χ4n) is 4.47. The van der Waals surface area contributed by atoms with E-state index in [0.717, 1.165) is 11.6 Å². The zero-order valence-corrected chi connectivity index (χ0v) is 25.4. The molecule has 0 unspecified atom stereocenters. The highest BCUT2D eigenvalue weighted by molar-refractivity contribution is 5.69. The number of nitrogens with one attached hydrogen (secondary N) is 1. The van der Waals surface area contributed by atoms with Crippen LogP contribution in [0, 0.1) is 0 Å². The first kappa shape index (κ1) is 33.3. The lowest BCUT2D eigenvalue weighted by molar-refractivity contribution is -0.271. The van der Waals surface area contributed by atoms with Gasteiger partial charge < -0.3 is 33.7 Å². The van der Waals surface area contributed by atoms with Gasteiger partial charge in [-0.15, -0.1) is 0 Å². The highest BCUT2D eigenvalue weighted by atomic mass is 19.4. The van der Waals surface area contributed by atoms with E-state index in [9.17, 15) is 18.0 Å². The molecule has 1 saturated heterocycles. The monoisotopic (exact) mass is 597 g/mol. The van der Waals surface area contributed by atoms with Crippen molar-refractivity contribution in [2.45, 2.75) is 83.4 Å². The van der Waals surface area contributed by atoms with Crippen molar-refractivity contribution in [2.75, 3.05) is 34.0 Å². The number of halogens is 3. The Labute approximate surface area is 245 Å². The Balaban J connectivity index is 1.68. The molecule has 0 bridgehead atoms. The first-order valence-corrected chi connectivity index (χ1v) is 13.9. The van der Waals surface area contributed by atoms with Gasteiger partial charge in [-0.3, -0.25) is 0 Å². The first-order valence-electron chi connectivity index (χ1n) is 13.9. The van der Waals surface area contributed by atoms with Crippen LogP contribution < -0.4 is 19.5 Å². The summed E-state index contributed by atoms with van der Waals surface area (Å²) in [5.41, 5.74) is -1.21. The van der Waals surface area contributed by atoms with Gasteiger partial charge >= 0.3 is 12.3 Å². The Morgan fingerprint density at radius 1 is 0.952 bits per heavy atom. The van der Waals surface area contributed by atoms with Crippen LogP contribution >= 0.6 is 0 Å². The first-order chi connectivity index (χ1) is 19.5. The molecule has 42 heavy (non-hydrogen) atoms. The lowest BCUT2D eigenvalue weighted by Crippen LogP contribution is -2.61. The van der Waals surface area contributed by atoms with Gasteiger partial charge in [0, 0.05) is 6.07 Å². The minimum Gasteiger partial charge on any atom is -0.497 e. The van der Waals surface area contributed by atoms with Gasteiger partial charge in [-0.25, -0.2) is 4.79 Å². The fourth-order valence-corrected chi connectivity index (χ4v) is 4.47. The SMILES string of the molecule is COc1ccc(CCCOc2ccc(CCC3(NC(=O)OC(C)(C)C)COC(C)(C)OC3)cc2C(F)(F)F)c(OC)c1. The Morgan fingerprint density at radius 3 is 2.24 bits per heavy atom. The third-order valence-corrected chi connectivity index (χ3v) is 6.74. The number of hydrogen-bond donors (Lipinski definition) is 1. The molecule has 0 radical (unpaired) electrons. The van der Waals surface area contributed by atoms with Crippen molar-refractivity contribution in [3.8, 4) is 17.2 Å². The zero-order chi connectivity index (χ0) is 31.2. The van der Waals surface area contributed by atoms with Gasteiger partial charge in [0.25, 0.3) is 0 Å². The quantitative estimate of drug-likeness (QED) is 0.288. The number of aryl methyl sites for hydroxylation is 2. The lowest BCUT2D eigenvalue weighted by Gasteiger charge is -2.44. The van der Waals surface area contributed by atoms with Crippen molar-refractivity contribution < 1.29 is 46.4 Å². The van der Waals surface area contributed by atoms with Crippen LogP contribution in [0.15, 0.2) is 36.4 Å². The van der Waals surface area contributed by atoms with Gasteiger partial charge in [0.2, 0.25) is 0 Å². The third kappa shape index (κ3) is 9.69. The highest BCUT2D eigenvalue weighted by Crippen LogP contribution is 2.38. The topological polar surface area (TPSA) is 84.5 Å². The number of methoxy groups -OCH3 is 2. The van der Waals surface area contributed by atoms with Crippen LogP contribution in [0.2, 0.25) is 0 Å². The van der Waals surface area contributed by atoms with Crippen LogP contribution in [0.1, 0.15) is 64.2 Å². The molecule has 8 nitrogen and oxygen atoms in total. The second-order valence-electron chi connectivity index (χ2n) is 11.8. The Hall–Kier alpha value is -3.18. The minimum absolute atomic E-state index is 0.0883. The van der Waals surface area contributed by atoms with E-state index in [0.29, 0.717) is 29.9 Å². The van der Waals surface area contributed by atoms with Gasteiger partial charge in [0.05, 0.1) is 45.1 Å². The van der Waals surface area contributed by atoms with Gasteiger partial charge in [0.1, 0.15) is 22.8 Å². The van der Waals surface area contributed by atoms with E-state index < -0.39 is 34.8 Å². The van der Waals surface area contributed by atoms with E-state index in [1.807, 2.05) is 6.07 Å². The standard InChI is InChI=1S/C31H42F3NO7/c1-28(2,3)42-27(36)35-30(19-40-29(4,5)41-20-30)15-14-21-10-13-25(24(17-21)31(32,33)34)39-16-8-9-22-11-12-23(37-6)18-26(22)38-7/h10-13,17-18H,8-9,14-16,19-20H2,1-7H3,(H,35,36). The molecule has 1 aliphatic rings. The molecule has 0 spiro atoms. The van der Waals surface area contributed by atoms with Gasteiger partial charge in [0.15, 0.2) is 5.79 Å². The summed E-state index contributed by atoms with van der Waals surface area (Å²) in [6.07, 6.45) is -3.73. The van der Waals surface area contributed by atoms with Crippen LogP contribution in [0.25, 0.3) is 0 Å². The van der Waals surface area contributed by atoms with E-state index in [1.165, 1.54) is 6.07 Å². The average molecular weight is 598 g/mol. The summed E-state index contributed by atoms with van der Waals surface area (Å²) in [7, 11) is 3.11. The maximum Gasteiger partial charge on any atom is 0.419 e. The summed E-state index contributed by atoms with van der Waals surface area (Å²) in [4.78, 5) is 12.6. The Morgan fingerprint density at radius 2 is 1.64 bits per heavy atom. The second kappa shape index (κ2) is 13.4. The molecule has 0 saturated carbocycles. The number of ether oxygens (including phenoxy) is 6.